The maximum absolute atomic E-state index is 13.8. The lowest BCUT2D eigenvalue weighted by Crippen LogP contribution is -1.85. The van der Waals surface area contributed by atoms with Gasteiger partial charge in [0, 0.05) is 16.0 Å². The number of rotatable bonds is 2. The van der Waals surface area contributed by atoms with Crippen LogP contribution in [0.2, 0.25) is 0 Å². The zero-order valence-corrected chi connectivity index (χ0v) is 12.0. The molecule has 0 radical (unpaired) electrons. The summed E-state index contributed by atoms with van der Waals surface area (Å²) in [4.78, 5) is 0. The summed E-state index contributed by atoms with van der Waals surface area (Å²) in [5, 5.41) is 7.21. The molecule has 0 amide bonds. The van der Waals surface area contributed by atoms with Crippen molar-refractivity contribution in [1.29, 1.82) is 0 Å². The third kappa shape index (κ3) is 2.06. The van der Waals surface area contributed by atoms with Gasteiger partial charge in [0.05, 0.1) is 10.2 Å². The lowest BCUT2D eigenvalue weighted by Gasteiger charge is -2.01. The van der Waals surface area contributed by atoms with E-state index in [2.05, 4.69) is 42.1 Å². The predicted octanol–water partition coefficient (Wildman–Crippen LogP) is 4.62. The Morgan fingerprint density at radius 3 is 2.71 bits per heavy atom. The summed E-state index contributed by atoms with van der Waals surface area (Å²) in [5.74, 6) is 0.290. The highest BCUT2D eigenvalue weighted by molar-refractivity contribution is 9.10. The van der Waals surface area contributed by atoms with Crippen LogP contribution in [0.15, 0.2) is 27.1 Å². The second kappa shape index (κ2) is 4.21. The summed E-state index contributed by atoms with van der Waals surface area (Å²) in [6.45, 7) is 0. The molecule has 1 heterocycles. The second-order valence-corrected chi connectivity index (χ2v) is 5.91. The number of nitrogens with zero attached hydrogens (tertiary/aromatic N) is 1. The highest BCUT2D eigenvalue weighted by Crippen LogP contribution is 2.44. The zero-order chi connectivity index (χ0) is 12.0. The summed E-state index contributed by atoms with van der Waals surface area (Å²) < 4.78 is 15.5. The SMILES string of the molecule is Fc1cc(Br)ccc1-c1n[nH]c(C2CC2)c1Br. The molecular weight excluding hydrogens is 351 g/mol. The van der Waals surface area contributed by atoms with Crippen molar-refractivity contribution in [2.24, 2.45) is 0 Å². The van der Waals surface area contributed by atoms with Gasteiger partial charge in [-0.25, -0.2) is 4.39 Å². The highest BCUT2D eigenvalue weighted by atomic mass is 79.9. The third-order valence-electron chi connectivity index (χ3n) is 2.90. The molecule has 5 heteroatoms. The number of H-pyrrole nitrogens is 1. The van der Waals surface area contributed by atoms with Crippen molar-refractivity contribution < 1.29 is 4.39 Å². The molecule has 0 saturated heterocycles. The smallest absolute Gasteiger partial charge is 0.133 e. The van der Waals surface area contributed by atoms with Crippen molar-refractivity contribution in [2.45, 2.75) is 18.8 Å². The second-order valence-electron chi connectivity index (χ2n) is 4.20. The van der Waals surface area contributed by atoms with Crippen LogP contribution in [0.3, 0.4) is 0 Å². The molecule has 0 bridgehead atoms. The molecule has 0 unspecified atom stereocenters. The molecule has 1 fully saturated rings. The first-order chi connectivity index (χ1) is 8.16. The lowest BCUT2D eigenvalue weighted by atomic mass is 10.1. The number of aromatic amines is 1. The molecule has 0 atom stereocenters. The summed E-state index contributed by atoms with van der Waals surface area (Å²) in [6.07, 6.45) is 2.37. The van der Waals surface area contributed by atoms with E-state index in [4.69, 9.17) is 0 Å². The van der Waals surface area contributed by atoms with Crippen LogP contribution in [0.1, 0.15) is 24.5 Å². The lowest BCUT2D eigenvalue weighted by molar-refractivity contribution is 0.629. The summed E-state index contributed by atoms with van der Waals surface area (Å²) in [6, 6.07) is 5.00. The number of hydrogen-bond donors (Lipinski definition) is 1. The van der Waals surface area contributed by atoms with Crippen LogP contribution in [0.25, 0.3) is 11.3 Å². The molecule has 2 nitrogen and oxygen atoms in total. The van der Waals surface area contributed by atoms with Crippen LogP contribution in [-0.4, -0.2) is 10.2 Å². The molecule has 1 aromatic carbocycles. The predicted molar refractivity (Wildman–Crippen MR) is 71.4 cm³/mol. The van der Waals surface area contributed by atoms with Gasteiger partial charge >= 0.3 is 0 Å². The minimum atomic E-state index is -0.270. The van der Waals surface area contributed by atoms with Crippen molar-refractivity contribution in [2.75, 3.05) is 0 Å². The van der Waals surface area contributed by atoms with Gasteiger partial charge in [-0.15, -0.1) is 0 Å². The number of aromatic nitrogens is 2. The number of nitrogens with one attached hydrogen (secondary N) is 1. The van der Waals surface area contributed by atoms with E-state index in [-0.39, 0.29) is 5.82 Å². The normalized spacial score (nSPS) is 15.2. The van der Waals surface area contributed by atoms with Crippen molar-refractivity contribution in [3.63, 3.8) is 0 Å². The van der Waals surface area contributed by atoms with Crippen LogP contribution >= 0.6 is 31.9 Å². The average molecular weight is 360 g/mol. The molecule has 1 N–H and O–H groups in total. The minimum absolute atomic E-state index is 0.270. The molecule has 3 rings (SSSR count). The quantitative estimate of drug-likeness (QED) is 0.832. The summed E-state index contributed by atoms with van der Waals surface area (Å²) >= 11 is 6.75. The Bertz CT molecular complexity index is 576. The Balaban J connectivity index is 2.08. The van der Waals surface area contributed by atoms with Crippen molar-refractivity contribution in [1.82, 2.24) is 10.2 Å². The number of benzene rings is 1. The fraction of sp³-hybridized carbons (Fsp3) is 0.250. The first-order valence-corrected chi connectivity index (χ1v) is 6.94. The van der Waals surface area contributed by atoms with Crippen LogP contribution in [0, 0.1) is 5.82 Å². The van der Waals surface area contributed by atoms with Gasteiger partial charge in [0.2, 0.25) is 0 Å². The van der Waals surface area contributed by atoms with E-state index in [1.807, 2.05) is 6.07 Å². The summed E-state index contributed by atoms with van der Waals surface area (Å²) in [7, 11) is 0. The molecule has 1 saturated carbocycles. The van der Waals surface area contributed by atoms with E-state index in [1.54, 1.807) is 6.07 Å². The number of hydrogen-bond acceptors (Lipinski definition) is 1. The average Bonchev–Trinajstić information content (AvgIpc) is 3.04. The molecular formula is C12H9Br2FN2. The van der Waals surface area contributed by atoms with Gasteiger partial charge in [-0.1, -0.05) is 15.9 Å². The Kier molecular flexibility index (Phi) is 2.83. The van der Waals surface area contributed by atoms with Crippen molar-refractivity contribution in [3.8, 4) is 11.3 Å². The maximum atomic E-state index is 13.8. The Hall–Kier alpha value is -0.680. The Labute approximate surface area is 115 Å². The fourth-order valence-electron chi connectivity index (χ4n) is 1.84. The van der Waals surface area contributed by atoms with E-state index in [1.165, 1.54) is 18.9 Å². The molecule has 1 aliphatic carbocycles. The molecule has 0 spiro atoms. The van der Waals surface area contributed by atoms with Gasteiger partial charge in [-0.2, -0.15) is 5.10 Å². The van der Waals surface area contributed by atoms with E-state index in [0.717, 1.165) is 14.6 Å². The van der Waals surface area contributed by atoms with Crippen molar-refractivity contribution in [3.05, 3.63) is 38.7 Å². The zero-order valence-electron chi connectivity index (χ0n) is 8.80. The van der Waals surface area contributed by atoms with Crippen LogP contribution in [-0.2, 0) is 0 Å². The van der Waals surface area contributed by atoms with E-state index in [0.29, 0.717) is 17.2 Å². The van der Waals surface area contributed by atoms with Gasteiger partial charge in [0.1, 0.15) is 11.5 Å². The molecule has 1 aromatic heterocycles. The standard InChI is InChI=1S/C12H9Br2FN2/c13-7-3-4-8(9(15)5-7)12-10(14)11(16-17-12)6-1-2-6/h3-6H,1-2H2,(H,16,17). The van der Waals surface area contributed by atoms with E-state index >= 15 is 0 Å². The van der Waals surface area contributed by atoms with Gasteiger partial charge in [-0.05, 0) is 47.0 Å². The monoisotopic (exact) mass is 358 g/mol. The van der Waals surface area contributed by atoms with Crippen LogP contribution in [0.4, 0.5) is 4.39 Å². The largest absolute Gasteiger partial charge is 0.280 e. The molecule has 2 aromatic rings. The molecule has 88 valence electrons. The van der Waals surface area contributed by atoms with Gasteiger partial charge < -0.3 is 0 Å². The van der Waals surface area contributed by atoms with Gasteiger partial charge in [0.25, 0.3) is 0 Å². The third-order valence-corrected chi connectivity index (χ3v) is 4.20. The Morgan fingerprint density at radius 2 is 2.06 bits per heavy atom. The van der Waals surface area contributed by atoms with Crippen molar-refractivity contribution >= 4 is 31.9 Å². The molecule has 0 aliphatic heterocycles. The Morgan fingerprint density at radius 1 is 1.29 bits per heavy atom. The molecule has 17 heavy (non-hydrogen) atoms. The first kappa shape index (κ1) is 11.4. The fourth-order valence-corrected chi connectivity index (χ4v) is 2.89. The van der Waals surface area contributed by atoms with Crippen LogP contribution in [0.5, 0.6) is 0 Å². The van der Waals surface area contributed by atoms with Gasteiger partial charge in [0.15, 0.2) is 0 Å². The topological polar surface area (TPSA) is 28.7 Å². The first-order valence-electron chi connectivity index (χ1n) is 5.36. The minimum Gasteiger partial charge on any atom is -0.280 e. The maximum Gasteiger partial charge on any atom is 0.133 e. The van der Waals surface area contributed by atoms with Crippen LogP contribution < -0.4 is 0 Å². The van der Waals surface area contributed by atoms with Gasteiger partial charge in [-0.3, -0.25) is 5.10 Å². The van der Waals surface area contributed by atoms with E-state index < -0.39 is 0 Å². The number of halogens is 3. The van der Waals surface area contributed by atoms with E-state index in [9.17, 15) is 4.39 Å². The summed E-state index contributed by atoms with van der Waals surface area (Å²) in [5.41, 5.74) is 2.25. The molecule has 1 aliphatic rings. The highest BCUT2D eigenvalue weighted by Gasteiger charge is 2.29.